The Morgan fingerprint density at radius 2 is 0.768 bits per heavy atom. The maximum absolute atomic E-state index is 6.76. The summed E-state index contributed by atoms with van der Waals surface area (Å²) in [5.41, 5.74) is 19.8. The molecule has 0 radical (unpaired) electrons. The Morgan fingerprint density at radius 3 is 1.45 bits per heavy atom. The van der Waals surface area contributed by atoms with Gasteiger partial charge in [0.1, 0.15) is 11.5 Å². The molecule has 0 saturated carbocycles. The minimum Gasteiger partial charge on any atom is -0.457 e. The molecule has 0 fully saturated rings. The van der Waals surface area contributed by atoms with Gasteiger partial charge < -0.3 is 9.64 Å². The standard InChI is InChI=1S/C66H41NOS/c1-2-18-42(19-3-1)45-37-39-60(50-23-5-4-20-46(45)50)67(43-35-38-54-51(40-43)48-22-7-9-25-53(48)65(54)57-28-12-16-32-63(57)69-64-33-17-13-29-58(64)65)44-34-36-49-47-21-6-8-24-52(47)66(59(49)41-44)55-26-10-14-30-61(55)68-62-31-15-11-27-56(62)66/h1-41H. The Hall–Kier alpha value is -8.37. The molecule has 2 aliphatic heterocycles. The Bertz CT molecular complexity index is 3850. The van der Waals surface area contributed by atoms with Gasteiger partial charge in [-0.25, -0.2) is 0 Å². The highest BCUT2D eigenvalue weighted by Gasteiger charge is 2.52. The SMILES string of the molecule is c1ccc(-c2ccc(N(c3ccc4c(c3)-c3ccccc3C43c4ccccc4Sc4ccccc43)c3ccc4c(c3)C3(c5ccccc5Oc5ccccc53)c3ccccc3-4)c3ccccc23)cc1. The molecule has 11 aromatic rings. The molecule has 2 heterocycles. The summed E-state index contributed by atoms with van der Waals surface area (Å²) >= 11 is 1.89. The van der Waals surface area contributed by atoms with Crippen molar-refractivity contribution < 1.29 is 4.74 Å². The minimum absolute atomic E-state index is 0.465. The maximum Gasteiger partial charge on any atom is 0.132 e. The Morgan fingerprint density at radius 1 is 0.304 bits per heavy atom. The van der Waals surface area contributed by atoms with Crippen molar-refractivity contribution in [1.29, 1.82) is 0 Å². The molecule has 4 aliphatic rings. The maximum atomic E-state index is 6.76. The predicted octanol–water partition coefficient (Wildman–Crippen LogP) is 17.3. The number of fused-ring (bicyclic) bond motifs is 19. The fourth-order valence-electron chi connectivity index (χ4n) is 12.7. The third kappa shape index (κ3) is 5.17. The fraction of sp³-hybridized carbons (Fsp3) is 0.0303. The molecule has 2 spiro atoms. The zero-order valence-electron chi connectivity index (χ0n) is 37.4. The summed E-state index contributed by atoms with van der Waals surface area (Å²) < 4.78 is 6.76. The lowest BCUT2D eigenvalue weighted by atomic mass is 9.66. The van der Waals surface area contributed by atoms with Crippen molar-refractivity contribution in [3.8, 4) is 44.9 Å². The van der Waals surface area contributed by atoms with Crippen molar-refractivity contribution in [2.75, 3.05) is 4.90 Å². The van der Waals surface area contributed by atoms with E-state index in [1.54, 1.807) is 0 Å². The topological polar surface area (TPSA) is 12.5 Å². The van der Waals surface area contributed by atoms with Crippen LogP contribution in [0.4, 0.5) is 17.1 Å². The highest BCUT2D eigenvalue weighted by Crippen LogP contribution is 2.65. The molecule has 15 rings (SSSR count). The molecule has 0 amide bonds. The Kier molecular flexibility index (Phi) is 8.17. The summed E-state index contributed by atoms with van der Waals surface area (Å²) in [6.45, 7) is 0. The number of benzene rings is 11. The van der Waals surface area contributed by atoms with Gasteiger partial charge >= 0.3 is 0 Å². The largest absolute Gasteiger partial charge is 0.457 e. The molecule has 322 valence electrons. The molecule has 3 heteroatoms. The van der Waals surface area contributed by atoms with Crippen molar-refractivity contribution in [2.24, 2.45) is 0 Å². The molecule has 0 aromatic heterocycles. The minimum atomic E-state index is -0.610. The van der Waals surface area contributed by atoms with E-state index in [2.05, 4.69) is 254 Å². The van der Waals surface area contributed by atoms with Gasteiger partial charge in [0.15, 0.2) is 0 Å². The summed E-state index contributed by atoms with van der Waals surface area (Å²) in [5, 5.41) is 2.39. The summed E-state index contributed by atoms with van der Waals surface area (Å²) in [4.78, 5) is 5.13. The van der Waals surface area contributed by atoms with Crippen LogP contribution < -0.4 is 9.64 Å². The zero-order valence-corrected chi connectivity index (χ0v) is 38.3. The molecule has 11 aromatic carbocycles. The fourth-order valence-corrected chi connectivity index (χ4v) is 13.9. The zero-order chi connectivity index (χ0) is 45.3. The van der Waals surface area contributed by atoms with Gasteiger partial charge in [-0.3, -0.25) is 0 Å². The van der Waals surface area contributed by atoms with Crippen molar-refractivity contribution in [3.05, 3.63) is 293 Å². The molecule has 2 nitrogen and oxygen atoms in total. The van der Waals surface area contributed by atoms with Crippen molar-refractivity contribution in [3.63, 3.8) is 0 Å². The molecule has 2 aliphatic carbocycles. The highest BCUT2D eigenvalue weighted by molar-refractivity contribution is 7.99. The van der Waals surface area contributed by atoms with Crippen LogP contribution in [0.15, 0.2) is 259 Å². The smallest absolute Gasteiger partial charge is 0.132 e. The van der Waals surface area contributed by atoms with E-state index in [-0.39, 0.29) is 0 Å². The van der Waals surface area contributed by atoms with E-state index in [0.29, 0.717) is 0 Å². The average molecular weight is 896 g/mol. The quantitative estimate of drug-likeness (QED) is 0.175. The first-order chi connectivity index (χ1) is 34.2. The summed E-state index contributed by atoms with van der Waals surface area (Å²) in [6.07, 6.45) is 0. The summed E-state index contributed by atoms with van der Waals surface area (Å²) in [6, 6.07) is 92.4. The van der Waals surface area contributed by atoms with Crippen LogP contribution in [-0.2, 0) is 10.8 Å². The van der Waals surface area contributed by atoms with Crippen LogP contribution >= 0.6 is 11.8 Å². The second-order valence-electron chi connectivity index (χ2n) is 18.6. The van der Waals surface area contributed by atoms with Gasteiger partial charge in [-0.05, 0) is 127 Å². The lowest BCUT2D eigenvalue weighted by molar-refractivity contribution is 0.436. The second-order valence-corrected chi connectivity index (χ2v) is 19.7. The van der Waals surface area contributed by atoms with Gasteiger partial charge in [-0.15, -0.1) is 0 Å². The molecule has 0 unspecified atom stereocenters. The van der Waals surface area contributed by atoms with Crippen LogP contribution in [0.25, 0.3) is 44.2 Å². The van der Waals surface area contributed by atoms with Crippen molar-refractivity contribution in [2.45, 2.75) is 20.6 Å². The third-order valence-electron chi connectivity index (χ3n) is 15.4. The number of anilines is 3. The summed E-state index contributed by atoms with van der Waals surface area (Å²) in [5.74, 6) is 1.78. The second kappa shape index (κ2) is 14.6. The number of ether oxygens (including phenoxy) is 1. The van der Waals surface area contributed by atoms with Crippen LogP contribution in [0.5, 0.6) is 11.5 Å². The van der Waals surface area contributed by atoms with E-state index < -0.39 is 10.8 Å². The Balaban J connectivity index is 1.02. The normalized spacial score (nSPS) is 14.4. The first-order valence-corrected chi connectivity index (χ1v) is 24.6. The van der Waals surface area contributed by atoms with E-state index in [9.17, 15) is 0 Å². The van der Waals surface area contributed by atoms with Crippen LogP contribution in [0.3, 0.4) is 0 Å². The molecular weight excluding hydrogens is 855 g/mol. The number of rotatable bonds is 4. The van der Waals surface area contributed by atoms with Gasteiger partial charge in [0.25, 0.3) is 0 Å². The van der Waals surface area contributed by atoms with E-state index >= 15 is 0 Å². The van der Waals surface area contributed by atoms with Crippen LogP contribution in [-0.4, -0.2) is 0 Å². The first-order valence-electron chi connectivity index (χ1n) is 23.8. The monoisotopic (exact) mass is 895 g/mol. The summed E-state index contributed by atoms with van der Waals surface area (Å²) in [7, 11) is 0. The van der Waals surface area contributed by atoms with E-state index in [1.165, 1.54) is 87.3 Å². The molecule has 69 heavy (non-hydrogen) atoms. The van der Waals surface area contributed by atoms with Crippen LogP contribution in [0, 0.1) is 0 Å². The molecule has 0 saturated heterocycles. The van der Waals surface area contributed by atoms with Crippen LogP contribution in [0.1, 0.15) is 44.5 Å². The number of para-hydroxylation sites is 2. The lowest BCUT2D eigenvalue weighted by Crippen LogP contribution is -2.32. The van der Waals surface area contributed by atoms with Crippen molar-refractivity contribution >= 4 is 39.6 Å². The van der Waals surface area contributed by atoms with E-state index in [4.69, 9.17) is 4.74 Å². The average Bonchev–Trinajstić information content (AvgIpc) is 3.86. The predicted molar refractivity (Wildman–Crippen MR) is 283 cm³/mol. The van der Waals surface area contributed by atoms with E-state index in [0.717, 1.165) is 39.7 Å². The molecule has 0 atom stereocenters. The van der Waals surface area contributed by atoms with Gasteiger partial charge in [0.2, 0.25) is 0 Å². The van der Waals surface area contributed by atoms with Gasteiger partial charge in [0, 0.05) is 37.7 Å². The van der Waals surface area contributed by atoms with Crippen molar-refractivity contribution in [1.82, 2.24) is 0 Å². The lowest BCUT2D eigenvalue weighted by Gasteiger charge is -2.40. The van der Waals surface area contributed by atoms with Gasteiger partial charge in [0.05, 0.1) is 16.5 Å². The highest BCUT2D eigenvalue weighted by atomic mass is 32.2. The number of hydrogen-bond donors (Lipinski definition) is 0. The van der Waals surface area contributed by atoms with E-state index in [1.807, 2.05) is 11.8 Å². The van der Waals surface area contributed by atoms with Gasteiger partial charge in [-0.2, -0.15) is 0 Å². The molecule has 0 bridgehead atoms. The van der Waals surface area contributed by atoms with Crippen LogP contribution in [0.2, 0.25) is 0 Å². The Labute approximate surface area is 405 Å². The van der Waals surface area contributed by atoms with Gasteiger partial charge in [-0.1, -0.05) is 206 Å². The third-order valence-corrected chi connectivity index (χ3v) is 16.6. The number of hydrogen-bond acceptors (Lipinski definition) is 3. The molecular formula is C66H41NOS. The first kappa shape index (κ1) is 38.7. The number of nitrogens with zero attached hydrogens (tertiary/aromatic N) is 1. The molecule has 0 N–H and O–H groups in total.